The number of unbranched alkanes of at least 4 members (excludes halogenated alkanes) is 31. The molecule has 116 heavy (non-hydrogen) atoms. The summed E-state index contributed by atoms with van der Waals surface area (Å²) in [5, 5.41) is 87.4. The van der Waals surface area contributed by atoms with Crippen molar-refractivity contribution in [2.24, 2.45) is 43.3 Å². The highest BCUT2D eigenvalue weighted by Crippen LogP contribution is 2.33. The molecule has 0 atom stereocenters. The van der Waals surface area contributed by atoms with Crippen LogP contribution in [0.1, 0.15) is 306 Å². The number of ether oxygens (including phenoxy) is 10. The smallest absolute Gasteiger partial charge is 0.319 e. The van der Waals surface area contributed by atoms with E-state index >= 15 is 0 Å². The molecule has 1 aromatic heterocycles. The van der Waals surface area contributed by atoms with E-state index in [0.717, 1.165) is 80.1 Å². The average Bonchev–Trinajstić information content (AvgIpc) is 1.07. The fourth-order valence-corrected chi connectivity index (χ4v) is 11.6. The molecule has 672 valence electrons. The molecule has 0 aromatic carbocycles. The van der Waals surface area contributed by atoms with E-state index < -0.39 is 196 Å². The Labute approximate surface area is 689 Å². The highest BCUT2D eigenvalue weighted by Gasteiger charge is 2.49. The van der Waals surface area contributed by atoms with E-state index in [0.29, 0.717) is 44.3 Å². The molecule has 0 radical (unpaired) electrons. The van der Waals surface area contributed by atoms with Gasteiger partial charge in [-0.2, -0.15) is 0 Å². The number of hydrogen-bond donors (Lipinski definition) is 8. The summed E-state index contributed by atoms with van der Waals surface area (Å²) in [7, 11) is 0. The van der Waals surface area contributed by atoms with E-state index in [1.165, 1.54) is 155 Å². The van der Waals surface area contributed by atoms with Gasteiger partial charge < -0.3 is 88.2 Å². The summed E-state index contributed by atoms with van der Waals surface area (Å²) in [4.78, 5) is 136. The van der Waals surface area contributed by atoms with E-state index in [1.807, 2.05) is 0 Å². The number of carbonyl (C=O) groups excluding carboxylic acids is 10. The van der Waals surface area contributed by atoms with Crippen LogP contribution in [0.3, 0.4) is 0 Å². The molecule has 8 N–H and O–H groups in total. The summed E-state index contributed by atoms with van der Waals surface area (Å²) in [6.07, 6.45) is 39.2. The van der Waals surface area contributed by atoms with E-state index in [1.54, 1.807) is 10.9 Å². The van der Waals surface area contributed by atoms with Gasteiger partial charge in [0.25, 0.3) is 0 Å². The quantitative estimate of drug-likeness (QED) is 0.0171. The van der Waals surface area contributed by atoms with Gasteiger partial charge in [-0.15, -0.1) is 5.10 Å². The van der Waals surface area contributed by atoms with Gasteiger partial charge in [0.2, 0.25) is 0 Å². The Hall–Kier alpha value is -6.48. The van der Waals surface area contributed by atoms with Crippen LogP contribution in [0.15, 0.2) is 6.20 Å². The number of esters is 10. The van der Waals surface area contributed by atoms with Crippen LogP contribution in [-0.2, 0) is 108 Å². The van der Waals surface area contributed by atoms with Gasteiger partial charge in [0, 0.05) is 19.4 Å². The van der Waals surface area contributed by atoms with Crippen molar-refractivity contribution >= 4 is 59.7 Å². The van der Waals surface area contributed by atoms with E-state index in [2.05, 4.69) is 24.2 Å². The number of hydrogen-bond acceptors (Lipinski definition) is 30. The summed E-state index contributed by atoms with van der Waals surface area (Å²) in [5.74, 6) is -10.3. The third-order valence-electron chi connectivity index (χ3n) is 21.4. The summed E-state index contributed by atoms with van der Waals surface area (Å²) >= 11 is 0. The Bertz CT molecular complexity index is 2730. The summed E-state index contributed by atoms with van der Waals surface area (Å²) in [6.45, 7) is -0.00113. The second kappa shape index (κ2) is 59.2. The Kier molecular flexibility index (Phi) is 54.9. The molecule has 0 unspecified atom stereocenters. The van der Waals surface area contributed by atoms with Crippen LogP contribution < -0.4 is 0 Å². The molecule has 1 aromatic rings. The Morgan fingerprint density at radius 2 is 0.491 bits per heavy atom. The van der Waals surface area contributed by atoms with Crippen molar-refractivity contribution < 1.29 is 136 Å². The van der Waals surface area contributed by atoms with Crippen molar-refractivity contribution in [1.82, 2.24) is 15.0 Å². The summed E-state index contributed by atoms with van der Waals surface area (Å²) in [6, 6.07) is 0. The molecular weight excluding hydrogens is 1510 g/mol. The van der Waals surface area contributed by atoms with Gasteiger partial charge in [0.1, 0.15) is 108 Å². The normalized spacial score (nSPS) is 12.4. The van der Waals surface area contributed by atoms with Crippen LogP contribution >= 0.6 is 0 Å². The molecule has 0 saturated carbocycles. The number of nitrogens with zero attached hydrogens (tertiary/aromatic N) is 3. The highest BCUT2D eigenvalue weighted by molar-refractivity contribution is 5.84. The zero-order valence-corrected chi connectivity index (χ0v) is 72.1. The van der Waals surface area contributed by atoms with Gasteiger partial charge in [-0.05, 0) is 87.5 Å². The van der Waals surface area contributed by atoms with Gasteiger partial charge in [-0.1, -0.05) is 205 Å². The monoisotopic (exact) mass is 1660 g/mol. The second-order valence-electron chi connectivity index (χ2n) is 34.0. The molecule has 0 amide bonds. The Morgan fingerprint density at radius 1 is 0.276 bits per heavy atom. The molecule has 0 bridgehead atoms. The molecule has 0 spiro atoms. The van der Waals surface area contributed by atoms with Crippen molar-refractivity contribution in [1.29, 1.82) is 0 Å². The van der Waals surface area contributed by atoms with Crippen molar-refractivity contribution in [2.75, 3.05) is 112 Å². The summed E-state index contributed by atoms with van der Waals surface area (Å²) < 4.78 is 57.0. The van der Waals surface area contributed by atoms with Crippen molar-refractivity contribution in [2.45, 2.75) is 314 Å². The molecule has 31 heteroatoms. The first-order chi connectivity index (χ1) is 55.2. The zero-order valence-electron chi connectivity index (χ0n) is 72.1. The first-order valence-corrected chi connectivity index (χ1v) is 42.6. The molecule has 1 rings (SSSR count). The van der Waals surface area contributed by atoms with Gasteiger partial charge in [0.05, 0.1) is 65.7 Å². The van der Waals surface area contributed by atoms with Crippen molar-refractivity contribution in [3.05, 3.63) is 11.9 Å². The lowest BCUT2D eigenvalue weighted by Gasteiger charge is -2.33. The first kappa shape index (κ1) is 108. The topological polar surface area (TPSA) is 456 Å². The van der Waals surface area contributed by atoms with Gasteiger partial charge in [-0.3, -0.25) is 52.6 Å². The van der Waals surface area contributed by atoms with E-state index in [9.17, 15) is 88.8 Å². The van der Waals surface area contributed by atoms with Crippen LogP contribution in [0.25, 0.3) is 0 Å². The number of aliphatic hydroxyl groups is 8. The van der Waals surface area contributed by atoms with Gasteiger partial charge >= 0.3 is 59.7 Å². The maximum atomic E-state index is 14.4. The summed E-state index contributed by atoms with van der Waals surface area (Å²) in [5.41, 5.74) is -15.3. The average molecular weight is 1660 g/mol. The second-order valence-corrected chi connectivity index (χ2v) is 34.0. The molecule has 1 heterocycles. The largest absolute Gasteiger partial charge is 0.465 e. The maximum Gasteiger partial charge on any atom is 0.319 e. The minimum absolute atomic E-state index is 0.179. The number of carbonyl (C=O) groups is 10. The maximum absolute atomic E-state index is 14.4. The number of aromatic nitrogens is 3. The Balaban J connectivity index is 3.28. The van der Waals surface area contributed by atoms with E-state index in [4.69, 9.17) is 47.4 Å². The van der Waals surface area contributed by atoms with Crippen LogP contribution in [-0.4, -0.2) is 228 Å². The highest BCUT2D eigenvalue weighted by atomic mass is 16.6. The fraction of sp³-hybridized carbons (Fsp3) is 0.859. The molecule has 31 nitrogen and oxygen atoms in total. The van der Waals surface area contributed by atoms with Crippen LogP contribution in [0.4, 0.5) is 0 Å². The Morgan fingerprint density at radius 3 is 0.759 bits per heavy atom. The predicted molar refractivity (Wildman–Crippen MR) is 428 cm³/mol. The van der Waals surface area contributed by atoms with Crippen LogP contribution in [0.5, 0.6) is 0 Å². The molecule has 0 saturated heterocycles. The zero-order chi connectivity index (χ0) is 87.0. The van der Waals surface area contributed by atoms with Crippen LogP contribution in [0.2, 0.25) is 0 Å². The minimum atomic E-state index is -2.19. The van der Waals surface area contributed by atoms with Crippen molar-refractivity contribution in [3.63, 3.8) is 0 Å². The van der Waals surface area contributed by atoms with Gasteiger partial charge in [0.15, 0.2) is 0 Å². The third kappa shape index (κ3) is 41.5. The van der Waals surface area contributed by atoms with E-state index in [-0.39, 0.29) is 45.7 Å². The SMILES string of the molecule is CCCCCCCCCCCCCCCCCC(=O)OCC(C)(COC(=O)CCCCCCCCCCCCCCCCC)C(=O)OCc1cn(CCCCCCOC(=O)C(C)(COC(=O)C(C)(COC(=O)C(C)(CO)CO)COC(=O)C(C)(CO)CO)COC(=O)C(C)(COC(=O)C(C)(CO)CO)COC(=O)C(C)(CO)CO)nn1. The van der Waals surface area contributed by atoms with Gasteiger partial charge in [-0.25, -0.2) is 0 Å². The van der Waals surface area contributed by atoms with Crippen molar-refractivity contribution in [3.8, 4) is 0 Å². The minimum Gasteiger partial charge on any atom is -0.465 e. The number of aryl methyl sites for hydroxylation is 1. The molecular formula is C85H149N3O28. The molecule has 0 fully saturated rings. The first-order valence-electron chi connectivity index (χ1n) is 42.6. The lowest BCUT2D eigenvalue weighted by molar-refractivity contribution is -0.186. The molecule has 0 aliphatic heterocycles. The fourth-order valence-electron chi connectivity index (χ4n) is 11.6. The number of aliphatic hydroxyl groups excluding tert-OH is 8. The lowest BCUT2D eigenvalue weighted by Crippen LogP contribution is -2.48. The molecule has 0 aliphatic rings. The standard InChI is InChI=1S/C85H149N3O28/c1-11-13-15-17-19-21-23-25-27-29-31-33-35-37-41-45-68(97)109-59-82(7,60-110-69(98)46-42-38-36-34-32-30-28-26-24-22-20-18-16-14-12-2)75(104)108-50-67-49-88(87-86-67)47-43-39-40-44-48-107-74(103)83(8,61-115-76(105)84(9,63-111-70(99)78(3,51-89)52-90)64-112-71(100)79(4,53-91)54-92)62-116-77(106)85(10,65-113-72(101)80(5,55-93)56-94)66-114-73(102)81(6,57-95)58-96/h49,89-96H,11-48,50-66H2,1-10H3. The number of rotatable bonds is 73. The van der Waals surface area contributed by atoms with Crippen LogP contribution in [0, 0.1) is 43.3 Å². The molecule has 0 aliphatic carbocycles. The third-order valence-corrected chi connectivity index (χ3v) is 21.4. The lowest BCUT2D eigenvalue weighted by atomic mass is 9.89. The predicted octanol–water partition coefficient (Wildman–Crippen LogP) is 10.3.